The van der Waals surface area contributed by atoms with Crippen molar-refractivity contribution >= 4 is 0 Å². The largest absolute Gasteiger partial charge is 0.240 e. The molecule has 142 valence electrons. The van der Waals surface area contributed by atoms with Crippen molar-refractivity contribution in [1.29, 1.82) is 0 Å². The Hall–Kier alpha value is -2.35. The molecule has 0 spiro atoms. The fourth-order valence-corrected chi connectivity index (χ4v) is 3.71. The molecule has 3 rings (SSSR count). The van der Waals surface area contributed by atoms with Crippen LogP contribution in [0.1, 0.15) is 70.2 Å². The van der Waals surface area contributed by atoms with E-state index in [0.717, 1.165) is 18.5 Å². The molecule has 0 atom stereocenters. The van der Waals surface area contributed by atoms with Crippen molar-refractivity contribution in [3.63, 3.8) is 0 Å². The van der Waals surface area contributed by atoms with Gasteiger partial charge < -0.3 is 0 Å². The van der Waals surface area contributed by atoms with E-state index in [1.54, 1.807) is 0 Å². The molecule has 1 aromatic heterocycles. The van der Waals surface area contributed by atoms with Crippen LogP contribution in [0.15, 0.2) is 54.7 Å². The van der Waals surface area contributed by atoms with Gasteiger partial charge in [-0.05, 0) is 65.5 Å². The zero-order chi connectivity index (χ0) is 19.6. The number of benzene rings is 2. The van der Waals surface area contributed by atoms with Gasteiger partial charge in [-0.1, -0.05) is 71.0 Å². The van der Waals surface area contributed by atoms with Crippen molar-refractivity contribution in [2.75, 3.05) is 0 Å². The third kappa shape index (κ3) is 4.16. The average molecular weight is 361 g/mol. The Kier molecular flexibility index (Phi) is 5.55. The third-order valence-corrected chi connectivity index (χ3v) is 5.49. The van der Waals surface area contributed by atoms with Crippen LogP contribution in [0.25, 0.3) is 16.8 Å². The molecule has 0 fully saturated rings. The van der Waals surface area contributed by atoms with Crippen molar-refractivity contribution in [3.05, 3.63) is 71.5 Å². The smallest absolute Gasteiger partial charge is 0.0686 e. The predicted octanol–water partition coefficient (Wildman–Crippen LogP) is 7.05. The summed E-state index contributed by atoms with van der Waals surface area (Å²) < 4.78 is 2.04. The van der Waals surface area contributed by atoms with Crippen molar-refractivity contribution in [2.24, 2.45) is 0 Å². The average Bonchev–Trinajstić information content (AvgIpc) is 3.08. The first-order chi connectivity index (χ1) is 12.8. The highest BCUT2D eigenvalue weighted by molar-refractivity contribution is 5.68. The van der Waals surface area contributed by atoms with E-state index in [4.69, 9.17) is 5.10 Å². The zero-order valence-electron chi connectivity index (χ0n) is 17.6. The van der Waals surface area contributed by atoms with Crippen molar-refractivity contribution < 1.29 is 0 Å². The first-order valence-corrected chi connectivity index (χ1v) is 10.1. The van der Waals surface area contributed by atoms with Crippen LogP contribution in [-0.2, 0) is 5.41 Å². The van der Waals surface area contributed by atoms with E-state index in [1.807, 2.05) is 11.6 Å². The van der Waals surface area contributed by atoms with Crippen LogP contribution in [0, 0.1) is 6.92 Å². The van der Waals surface area contributed by atoms with Gasteiger partial charge in [0.15, 0.2) is 0 Å². The molecule has 0 aliphatic heterocycles. The summed E-state index contributed by atoms with van der Waals surface area (Å²) in [5, 5.41) is 4.70. The number of hydrogen-bond donors (Lipinski definition) is 0. The van der Waals surface area contributed by atoms with Gasteiger partial charge in [-0.25, -0.2) is 4.68 Å². The number of aryl methyl sites for hydroxylation is 1. The molecule has 0 unspecified atom stereocenters. The summed E-state index contributed by atoms with van der Waals surface area (Å²) >= 11 is 0. The minimum atomic E-state index is 0.146. The van der Waals surface area contributed by atoms with Crippen LogP contribution in [0.5, 0.6) is 0 Å². The van der Waals surface area contributed by atoms with Crippen molar-refractivity contribution in [3.8, 4) is 16.8 Å². The molecule has 1 heterocycles. The first kappa shape index (κ1) is 19.4. The lowest BCUT2D eigenvalue weighted by Crippen LogP contribution is -2.10. The van der Waals surface area contributed by atoms with E-state index in [-0.39, 0.29) is 5.41 Å². The second-order valence-corrected chi connectivity index (χ2v) is 8.52. The summed E-state index contributed by atoms with van der Waals surface area (Å²) in [4.78, 5) is 0. The second-order valence-electron chi connectivity index (χ2n) is 8.52. The van der Waals surface area contributed by atoms with Crippen molar-refractivity contribution in [1.82, 2.24) is 9.78 Å². The molecule has 0 saturated carbocycles. The quantitative estimate of drug-likeness (QED) is 0.476. The van der Waals surface area contributed by atoms with Crippen LogP contribution >= 0.6 is 0 Å². The second kappa shape index (κ2) is 7.72. The molecule has 27 heavy (non-hydrogen) atoms. The van der Waals surface area contributed by atoms with Crippen molar-refractivity contribution in [2.45, 2.75) is 65.7 Å². The topological polar surface area (TPSA) is 17.8 Å². The van der Waals surface area contributed by atoms with E-state index >= 15 is 0 Å². The van der Waals surface area contributed by atoms with Gasteiger partial charge in [0.25, 0.3) is 0 Å². The Morgan fingerprint density at radius 2 is 1.63 bits per heavy atom. The summed E-state index contributed by atoms with van der Waals surface area (Å²) in [6.45, 7) is 13.4. The summed E-state index contributed by atoms with van der Waals surface area (Å²) in [5.41, 5.74) is 7.66. The number of hydrogen-bond acceptors (Lipinski definition) is 1. The highest BCUT2D eigenvalue weighted by atomic mass is 15.3. The number of rotatable bonds is 5. The molecule has 0 N–H and O–H groups in total. The predicted molar refractivity (Wildman–Crippen MR) is 116 cm³/mol. The molecule has 0 amide bonds. The zero-order valence-corrected chi connectivity index (χ0v) is 17.6. The summed E-state index contributed by atoms with van der Waals surface area (Å²) in [5.74, 6) is 0.555. The molecular formula is C25H32N2. The van der Waals surface area contributed by atoms with Gasteiger partial charge in [-0.15, -0.1) is 0 Å². The Balaban J connectivity index is 2.14. The van der Waals surface area contributed by atoms with Gasteiger partial charge in [-0.2, -0.15) is 5.10 Å². The van der Waals surface area contributed by atoms with Gasteiger partial charge in [0.2, 0.25) is 0 Å². The molecule has 0 radical (unpaired) electrons. The maximum absolute atomic E-state index is 4.70. The van der Waals surface area contributed by atoms with Crippen LogP contribution in [0.3, 0.4) is 0 Å². The SMILES string of the molecule is CCC(CC)c1ccc(-c2cccc(C(C)(C)C)c2)cc1-n1ccc(C)n1. The summed E-state index contributed by atoms with van der Waals surface area (Å²) in [7, 11) is 0. The van der Waals surface area contributed by atoms with Gasteiger partial charge in [-0.3, -0.25) is 0 Å². The normalized spacial score (nSPS) is 12.0. The number of aromatic nitrogens is 2. The lowest BCUT2D eigenvalue weighted by Gasteiger charge is -2.21. The van der Waals surface area contributed by atoms with Crippen LogP contribution in [-0.4, -0.2) is 9.78 Å². The van der Waals surface area contributed by atoms with Gasteiger partial charge in [0.1, 0.15) is 0 Å². The van der Waals surface area contributed by atoms with Gasteiger partial charge in [0, 0.05) is 6.20 Å². The van der Waals surface area contributed by atoms with Crippen LogP contribution < -0.4 is 0 Å². The molecule has 2 heteroatoms. The van der Waals surface area contributed by atoms with E-state index in [1.165, 1.54) is 27.9 Å². The van der Waals surface area contributed by atoms with E-state index in [0.29, 0.717) is 5.92 Å². The monoisotopic (exact) mass is 360 g/mol. The Morgan fingerprint density at radius 1 is 0.926 bits per heavy atom. The summed E-state index contributed by atoms with van der Waals surface area (Å²) in [6.07, 6.45) is 4.36. The van der Waals surface area contributed by atoms with E-state index in [2.05, 4.69) is 89.3 Å². The molecule has 3 aromatic rings. The van der Waals surface area contributed by atoms with Crippen LogP contribution in [0.2, 0.25) is 0 Å². The summed E-state index contributed by atoms with van der Waals surface area (Å²) in [6, 6.07) is 17.9. The maximum atomic E-state index is 4.70. The molecule has 0 aliphatic carbocycles. The maximum Gasteiger partial charge on any atom is 0.0686 e. The third-order valence-electron chi connectivity index (χ3n) is 5.49. The molecule has 0 bridgehead atoms. The van der Waals surface area contributed by atoms with Gasteiger partial charge in [0.05, 0.1) is 11.4 Å². The molecule has 0 aliphatic rings. The molecule has 2 nitrogen and oxygen atoms in total. The standard InChI is InChI=1S/C25H32N2/c1-7-19(8-2)23-13-12-21(17-24(23)27-15-14-18(3)26-27)20-10-9-11-22(16-20)25(4,5)6/h9-17,19H,7-8H2,1-6H3. The highest BCUT2D eigenvalue weighted by Crippen LogP contribution is 2.33. The highest BCUT2D eigenvalue weighted by Gasteiger charge is 2.17. The van der Waals surface area contributed by atoms with Gasteiger partial charge >= 0.3 is 0 Å². The van der Waals surface area contributed by atoms with E-state index in [9.17, 15) is 0 Å². The Bertz CT molecular complexity index is 908. The fourth-order valence-electron chi connectivity index (χ4n) is 3.71. The minimum Gasteiger partial charge on any atom is -0.240 e. The number of nitrogens with zero attached hydrogens (tertiary/aromatic N) is 2. The van der Waals surface area contributed by atoms with E-state index < -0.39 is 0 Å². The fraction of sp³-hybridized carbons (Fsp3) is 0.400. The Morgan fingerprint density at radius 3 is 2.22 bits per heavy atom. The van der Waals surface area contributed by atoms with Crippen LogP contribution in [0.4, 0.5) is 0 Å². The Labute approximate surface area is 164 Å². The minimum absolute atomic E-state index is 0.146. The molecule has 0 saturated heterocycles. The lowest BCUT2D eigenvalue weighted by molar-refractivity contribution is 0.590. The first-order valence-electron chi connectivity index (χ1n) is 10.1. The molecular weight excluding hydrogens is 328 g/mol. The molecule has 2 aromatic carbocycles. The lowest BCUT2D eigenvalue weighted by atomic mass is 9.85.